The van der Waals surface area contributed by atoms with Gasteiger partial charge in [-0.15, -0.1) is 0 Å². The second kappa shape index (κ2) is 7.65. The number of anilines is 4. The van der Waals surface area contributed by atoms with Gasteiger partial charge in [-0.3, -0.25) is 0 Å². The molecule has 0 spiro atoms. The van der Waals surface area contributed by atoms with Crippen molar-refractivity contribution < 1.29 is 4.39 Å². The van der Waals surface area contributed by atoms with E-state index in [1.54, 1.807) is 12.1 Å². The molecule has 1 fully saturated rings. The van der Waals surface area contributed by atoms with E-state index in [0.717, 1.165) is 50.3 Å². The first-order valence-corrected chi connectivity index (χ1v) is 8.75. The maximum Gasteiger partial charge on any atom is 0.229 e. The van der Waals surface area contributed by atoms with Gasteiger partial charge in [0.05, 0.1) is 5.69 Å². The third-order valence-electron chi connectivity index (χ3n) is 4.31. The van der Waals surface area contributed by atoms with Crippen LogP contribution in [0.3, 0.4) is 0 Å². The zero-order valence-electron chi connectivity index (χ0n) is 14.5. The first-order chi connectivity index (χ1) is 12.0. The summed E-state index contributed by atoms with van der Waals surface area (Å²) in [4.78, 5) is 11.4. The number of nitrogens with zero attached hydrogens (tertiary/aromatic N) is 3. The van der Waals surface area contributed by atoms with Crippen molar-refractivity contribution in [2.45, 2.75) is 38.6 Å². The normalized spacial score (nSPS) is 17.6. The average molecular weight is 344 g/mol. The fourth-order valence-corrected chi connectivity index (χ4v) is 3.05. The monoisotopic (exact) mass is 344 g/mol. The quantitative estimate of drug-likeness (QED) is 0.722. The first kappa shape index (κ1) is 17.4. The van der Waals surface area contributed by atoms with Crippen molar-refractivity contribution in [1.82, 2.24) is 9.97 Å². The molecule has 25 heavy (non-hydrogen) atoms. The van der Waals surface area contributed by atoms with E-state index in [2.05, 4.69) is 27.1 Å². The molecule has 2 heterocycles. The molecule has 1 saturated heterocycles. The highest BCUT2D eigenvalue weighted by Gasteiger charge is 2.19. The van der Waals surface area contributed by atoms with Gasteiger partial charge in [-0.2, -0.15) is 4.98 Å². The van der Waals surface area contributed by atoms with Gasteiger partial charge in [0.15, 0.2) is 0 Å². The summed E-state index contributed by atoms with van der Waals surface area (Å²) in [6.45, 7) is 3.86. The van der Waals surface area contributed by atoms with Gasteiger partial charge in [0, 0.05) is 36.6 Å². The van der Waals surface area contributed by atoms with Gasteiger partial charge in [-0.05, 0) is 37.5 Å². The summed E-state index contributed by atoms with van der Waals surface area (Å²) < 4.78 is 13.3. The summed E-state index contributed by atoms with van der Waals surface area (Å²) in [5.74, 6) is 0.937. The third-order valence-corrected chi connectivity index (χ3v) is 4.31. The number of benzene rings is 1. The van der Waals surface area contributed by atoms with Crippen molar-refractivity contribution >= 4 is 23.1 Å². The average Bonchev–Trinajstić information content (AvgIpc) is 2.58. The van der Waals surface area contributed by atoms with Crippen LogP contribution in [-0.2, 0) is 6.42 Å². The predicted octanol–water partition coefficient (Wildman–Crippen LogP) is 2.82. The Morgan fingerprint density at radius 1 is 1.32 bits per heavy atom. The second-order valence-electron chi connectivity index (χ2n) is 6.50. The van der Waals surface area contributed by atoms with Gasteiger partial charge in [0.25, 0.3) is 0 Å². The Bertz CT molecular complexity index is 736. The van der Waals surface area contributed by atoms with Crippen molar-refractivity contribution in [3.8, 4) is 0 Å². The lowest BCUT2D eigenvalue weighted by molar-refractivity contribution is 0.503. The maximum absolute atomic E-state index is 13.3. The molecule has 0 bridgehead atoms. The summed E-state index contributed by atoms with van der Waals surface area (Å²) >= 11 is 0. The SMILES string of the molecule is CCCc1cc(N2CCC[C@@H](N)C2)nc(Nc2ccc(F)c(N)c2)n1. The van der Waals surface area contributed by atoms with E-state index in [9.17, 15) is 4.39 Å². The highest BCUT2D eigenvalue weighted by molar-refractivity contribution is 5.61. The van der Waals surface area contributed by atoms with Crippen molar-refractivity contribution in [2.75, 3.05) is 29.0 Å². The number of hydrogen-bond donors (Lipinski definition) is 3. The minimum Gasteiger partial charge on any atom is -0.396 e. The van der Waals surface area contributed by atoms with Gasteiger partial charge in [0.2, 0.25) is 5.95 Å². The molecule has 0 amide bonds. The van der Waals surface area contributed by atoms with Crippen LogP contribution in [0, 0.1) is 5.82 Å². The van der Waals surface area contributed by atoms with Crippen LogP contribution in [0.5, 0.6) is 0 Å². The highest BCUT2D eigenvalue weighted by atomic mass is 19.1. The van der Waals surface area contributed by atoms with Crippen LogP contribution in [0.15, 0.2) is 24.3 Å². The lowest BCUT2D eigenvalue weighted by atomic mass is 10.1. The summed E-state index contributed by atoms with van der Waals surface area (Å²) in [5, 5.41) is 3.13. The van der Waals surface area contributed by atoms with E-state index in [-0.39, 0.29) is 11.7 Å². The summed E-state index contributed by atoms with van der Waals surface area (Å²) in [5.41, 5.74) is 13.5. The maximum atomic E-state index is 13.3. The Labute approximate surface area is 147 Å². The molecule has 6 nitrogen and oxygen atoms in total. The number of nitrogens with two attached hydrogens (primary N) is 2. The Morgan fingerprint density at radius 3 is 2.88 bits per heavy atom. The summed E-state index contributed by atoms with van der Waals surface area (Å²) in [7, 11) is 0. The van der Waals surface area contributed by atoms with Crippen LogP contribution >= 0.6 is 0 Å². The third kappa shape index (κ3) is 4.36. The number of nitrogen functional groups attached to an aromatic ring is 1. The lowest BCUT2D eigenvalue weighted by Gasteiger charge is -2.32. The number of rotatable bonds is 5. The zero-order valence-corrected chi connectivity index (χ0v) is 14.5. The summed E-state index contributed by atoms with van der Waals surface area (Å²) in [6, 6.07) is 6.70. The van der Waals surface area contributed by atoms with E-state index >= 15 is 0 Å². The van der Waals surface area contributed by atoms with Crippen LogP contribution < -0.4 is 21.7 Å². The molecule has 3 rings (SSSR count). The van der Waals surface area contributed by atoms with E-state index < -0.39 is 5.82 Å². The zero-order chi connectivity index (χ0) is 17.8. The van der Waals surface area contributed by atoms with Crippen molar-refractivity contribution in [3.05, 3.63) is 35.8 Å². The molecule has 0 aliphatic carbocycles. The molecule has 1 atom stereocenters. The predicted molar refractivity (Wildman–Crippen MR) is 99.5 cm³/mol. The van der Waals surface area contributed by atoms with Crippen molar-refractivity contribution in [2.24, 2.45) is 5.73 Å². The van der Waals surface area contributed by atoms with Crippen LogP contribution in [0.25, 0.3) is 0 Å². The number of nitrogens with one attached hydrogen (secondary N) is 1. The van der Waals surface area contributed by atoms with Crippen molar-refractivity contribution in [3.63, 3.8) is 0 Å². The Morgan fingerprint density at radius 2 is 2.16 bits per heavy atom. The molecule has 2 aromatic rings. The molecular weight excluding hydrogens is 319 g/mol. The molecule has 1 aromatic carbocycles. The molecule has 5 N–H and O–H groups in total. The smallest absolute Gasteiger partial charge is 0.229 e. The fourth-order valence-electron chi connectivity index (χ4n) is 3.05. The molecule has 0 saturated carbocycles. The van der Waals surface area contributed by atoms with Crippen molar-refractivity contribution in [1.29, 1.82) is 0 Å². The topological polar surface area (TPSA) is 93.1 Å². The standard InChI is InChI=1S/C18H25FN6/c1-2-4-13-10-17(25-8-3-5-12(20)11-25)24-18(22-13)23-14-6-7-15(19)16(21)9-14/h6-7,9-10,12H,2-5,8,11,20-21H2,1H3,(H,22,23,24)/t12-/m1/s1. The molecule has 0 radical (unpaired) electrons. The van der Waals surface area contributed by atoms with E-state index in [1.165, 1.54) is 6.07 Å². The molecular formula is C18H25FN6. The molecule has 1 aliphatic rings. The molecule has 1 aliphatic heterocycles. The van der Waals surface area contributed by atoms with Crippen LogP contribution in [-0.4, -0.2) is 29.1 Å². The van der Waals surface area contributed by atoms with Gasteiger partial charge < -0.3 is 21.7 Å². The highest BCUT2D eigenvalue weighted by Crippen LogP contribution is 2.23. The number of hydrogen-bond acceptors (Lipinski definition) is 6. The number of piperidine rings is 1. The van der Waals surface area contributed by atoms with Crippen LogP contribution in [0.1, 0.15) is 31.9 Å². The van der Waals surface area contributed by atoms with Crippen LogP contribution in [0.4, 0.5) is 27.5 Å². The van der Waals surface area contributed by atoms with E-state index in [4.69, 9.17) is 11.5 Å². The molecule has 134 valence electrons. The minimum absolute atomic E-state index is 0.0944. The number of aromatic nitrogens is 2. The minimum atomic E-state index is -0.436. The Hall–Kier alpha value is -2.41. The fraction of sp³-hybridized carbons (Fsp3) is 0.444. The van der Waals surface area contributed by atoms with Gasteiger partial charge in [0.1, 0.15) is 11.6 Å². The van der Waals surface area contributed by atoms with E-state index in [0.29, 0.717) is 11.6 Å². The molecule has 0 unspecified atom stereocenters. The Kier molecular flexibility index (Phi) is 5.33. The van der Waals surface area contributed by atoms with Gasteiger partial charge in [-0.1, -0.05) is 13.3 Å². The Balaban J connectivity index is 1.88. The van der Waals surface area contributed by atoms with Gasteiger partial charge >= 0.3 is 0 Å². The van der Waals surface area contributed by atoms with Gasteiger partial charge in [-0.25, -0.2) is 9.37 Å². The molecule has 7 heteroatoms. The molecule has 1 aromatic heterocycles. The number of halogens is 1. The van der Waals surface area contributed by atoms with E-state index in [1.807, 2.05) is 6.07 Å². The second-order valence-corrected chi connectivity index (χ2v) is 6.50. The lowest BCUT2D eigenvalue weighted by Crippen LogP contribution is -2.43. The first-order valence-electron chi connectivity index (χ1n) is 8.75. The summed E-state index contributed by atoms with van der Waals surface area (Å²) in [6.07, 6.45) is 3.98. The largest absolute Gasteiger partial charge is 0.396 e. The van der Waals surface area contributed by atoms with Crippen LogP contribution in [0.2, 0.25) is 0 Å². The number of aryl methyl sites for hydroxylation is 1.